The number of nitrogens with zero attached hydrogens (tertiary/aromatic N) is 1. The molecule has 0 fully saturated rings. The first-order chi connectivity index (χ1) is 17.8. The highest BCUT2D eigenvalue weighted by Crippen LogP contribution is 2.36. The van der Waals surface area contributed by atoms with Gasteiger partial charge in [0.25, 0.3) is 5.91 Å². The van der Waals surface area contributed by atoms with E-state index < -0.39 is 0 Å². The first-order valence-electron chi connectivity index (χ1n) is 12.6. The molecule has 1 amide bonds. The second-order valence-corrected chi connectivity index (χ2v) is 9.63. The minimum Gasteiger partial charge on any atom is -0.466 e. The Hall–Kier alpha value is -4.32. The summed E-state index contributed by atoms with van der Waals surface area (Å²) in [4.78, 5) is 16.2. The van der Waals surface area contributed by atoms with Crippen LogP contribution >= 0.6 is 0 Å². The number of carbonyl (C=O) groups is 1. The van der Waals surface area contributed by atoms with Crippen molar-refractivity contribution < 1.29 is 9.53 Å². The topological polar surface area (TPSA) is 75.3 Å². The van der Waals surface area contributed by atoms with E-state index in [4.69, 9.17) is 4.74 Å². The van der Waals surface area contributed by atoms with Crippen LogP contribution in [0.3, 0.4) is 0 Å². The van der Waals surface area contributed by atoms with E-state index in [-0.39, 0.29) is 17.9 Å². The summed E-state index contributed by atoms with van der Waals surface area (Å²) >= 11 is 0. The van der Waals surface area contributed by atoms with Gasteiger partial charge in [-0.3, -0.25) is 4.79 Å². The summed E-state index contributed by atoms with van der Waals surface area (Å²) < 4.78 is 5.41. The largest absolute Gasteiger partial charge is 0.466 e. The summed E-state index contributed by atoms with van der Waals surface area (Å²) in [5.74, 6) is 0.261. The molecule has 4 aromatic rings. The maximum atomic E-state index is 11.8. The lowest BCUT2D eigenvalue weighted by atomic mass is 9.86. The van der Waals surface area contributed by atoms with Crippen LogP contribution in [0.5, 0.6) is 5.88 Å². The van der Waals surface area contributed by atoms with Gasteiger partial charge < -0.3 is 20.9 Å². The Morgan fingerprint density at radius 3 is 2.43 bits per heavy atom. The van der Waals surface area contributed by atoms with Gasteiger partial charge in [0.2, 0.25) is 5.88 Å². The number of ether oxygens (including phenoxy) is 1. The summed E-state index contributed by atoms with van der Waals surface area (Å²) in [6, 6.07) is 20.6. The number of hydrogen-bond donors (Lipinski definition) is 3. The Balaban J connectivity index is 0.00000156. The molecule has 3 N–H and O–H groups in total. The molecule has 0 saturated carbocycles. The monoisotopic (exact) mass is 494 g/mol. The molecule has 6 nitrogen and oxygen atoms in total. The van der Waals surface area contributed by atoms with E-state index in [0.29, 0.717) is 11.6 Å². The minimum atomic E-state index is -0.179. The molecule has 2 heterocycles. The molecule has 37 heavy (non-hydrogen) atoms. The number of hydrazine groups is 1. The molecule has 190 valence electrons. The predicted octanol–water partition coefficient (Wildman–Crippen LogP) is 7.64. The number of pyridine rings is 1. The third kappa shape index (κ3) is 5.43. The lowest BCUT2D eigenvalue weighted by molar-refractivity contribution is -0.118. The third-order valence-electron chi connectivity index (χ3n) is 6.17. The standard InChI is InChI=1S/C29H28N4O2.C2H6/c1-5-18-10-11-20(29(2,3)4)15-25(18)33-32-24-13-12-21(22-8-6-7-9-23(22)24)19-14-26-28(30-16-19)35-17-27(34)31-26;1-2/h5-16,32-33H,1,17H2,2-4H3,(H,31,34);1-2H3. The van der Waals surface area contributed by atoms with Gasteiger partial charge >= 0.3 is 0 Å². The van der Waals surface area contributed by atoms with E-state index in [1.807, 2.05) is 44.2 Å². The molecule has 0 atom stereocenters. The zero-order chi connectivity index (χ0) is 26.6. The molecular formula is C31H34N4O2. The van der Waals surface area contributed by atoms with Gasteiger partial charge in [-0.25, -0.2) is 4.98 Å². The van der Waals surface area contributed by atoms with Crippen LogP contribution in [-0.4, -0.2) is 17.5 Å². The predicted molar refractivity (Wildman–Crippen MR) is 155 cm³/mol. The van der Waals surface area contributed by atoms with E-state index in [2.05, 4.69) is 84.9 Å². The van der Waals surface area contributed by atoms with Crippen LogP contribution in [0.15, 0.2) is 73.4 Å². The molecule has 0 unspecified atom stereocenters. The number of rotatable bonds is 5. The fourth-order valence-electron chi connectivity index (χ4n) is 4.23. The molecule has 0 saturated heterocycles. The Morgan fingerprint density at radius 1 is 0.973 bits per heavy atom. The van der Waals surface area contributed by atoms with Gasteiger partial charge in [0.05, 0.1) is 11.4 Å². The first kappa shape index (κ1) is 25.8. The lowest BCUT2D eigenvalue weighted by Gasteiger charge is -2.22. The molecule has 5 rings (SSSR count). The second-order valence-electron chi connectivity index (χ2n) is 9.63. The van der Waals surface area contributed by atoms with Crippen molar-refractivity contribution in [3.05, 3.63) is 84.6 Å². The molecule has 3 aromatic carbocycles. The van der Waals surface area contributed by atoms with E-state index in [1.165, 1.54) is 5.56 Å². The second kappa shape index (κ2) is 10.7. The lowest BCUT2D eigenvalue weighted by Crippen LogP contribution is -2.25. The van der Waals surface area contributed by atoms with Gasteiger partial charge in [0, 0.05) is 17.1 Å². The SMILES string of the molecule is C=Cc1ccc(C(C)(C)C)cc1NNc1ccc(-c2cnc3c(c2)NC(=O)CO3)c2ccccc12.CC. The molecule has 0 aliphatic carbocycles. The number of aromatic nitrogens is 1. The summed E-state index contributed by atoms with van der Waals surface area (Å²) in [6.07, 6.45) is 3.63. The van der Waals surface area contributed by atoms with E-state index in [0.717, 1.165) is 38.8 Å². The average molecular weight is 495 g/mol. The Labute approximate surface area is 218 Å². The Bertz CT molecular complexity index is 1450. The minimum absolute atomic E-state index is 0.0120. The van der Waals surface area contributed by atoms with Crippen LogP contribution in [-0.2, 0) is 10.2 Å². The van der Waals surface area contributed by atoms with Gasteiger partial charge in [0.1, 0.15) is 5.69 Å². The molecule has 1 aliphatic heterocycles. The van der Waals surface area contributed by atoms with Gasteiger partial charge in [0.15, 0.2) is 6.61 Å². The molecule has 0 radical (unpaired) electrons. The van der Waals surface area contributed by atoms with Crippen molar-refractivity contribution in [1.29, 1.82) is 0 Å². The van der Waals surface area contributed by atoms with Crippen LogP contribution in [0.25, 0.3) is 28.0 Å². The third-order valence-corrected chi connectivity index (χ3v) is 6.17. The maximum absolute atomic E-state index is 11.8. The summed E-state index contributed by atoms with van der Waals surface area (Å²) in [6.45, 7) is 14.6. The fraction of sp³-hybridized carbons (Fsp3) is 0.226. The molecule has 6 heteroatoms. The van der Waals surface area contributed by atoms with Crippen molar-refractivity contribution in [2.75, 3.05) is 22.8 Å². The van der Waals surface area contributed by atoms with E-state index >= 15 is 0 Å². The normalized spacial score (nSPS) is 12.4. The Kier molecular flexibility index (Phi) is 7.48. The quantitative estimate of drug-likeness (QED) is 0.249. The van der Waals surface area contributed by atoms with Crippen LogP contribution in [0.1, 0.15) is 45.7 Å². The number of amides is 1. The van der Waals surface area contributed by atoms with Crippen molar-refractivity contribution in [2.24, 2.45) is 0 Å². The average Bonchev–Trinajstić information content (AvgIpc) is 2.91. The molecule has 0 bridgehead atoms. The first-order valence-corrected chi connectivity index (χ1v) is 12.6. The highest BCUT2D eigenvalue weighted by Gasteiger charge is 2.19. The van der Waals surface area contributed by atoms with Crippen LogP contribution < -0.4 is 20.9 Å². The van der Waals surface area contributed by atoms with Crippen molar-refractivity contribution in [3.8, 4) is 17.0 Å². The van der Waals surface area contributed by atoms with Gasteiger partial charge in [-0.05, 0) is 45.7 Å². The van der Waals surface area contributed by atoms with Gasteiger partial charge in [-0.15, -0.1) is 0 Å². The van der Waals surface area contributed by atoms with Gasteiger partial charge in [-0.1, -0.05) is 89.7 Å². The highest BCUT2D eigenvalue weighted by atomic mass is 16.5. The zero-order valence-corrected chi connectivity index (χ0v) is 22.1. The zero-order valence-electron chi connectivity index (χ0n) is 22.1. The fourth-order valence-corrected chi connectivity index (χ4v) is 4.23. The Morgan fingerprint density at radius 2 is 1.70 bits per heavy atom. The van der Waals surface area contributed by atoms with Crippen molar-refractivity contribution in [2.45, 2.75) is 40.0 Å². The summed E-state index contributed by atoms with van der Waals surface area (Å²) in [5.41, 5.74) is 13.5. The van der Waals surface area contributed by atoms with Gasteiger partial charge in [-0.2, -0.15) is 0 Å². The number of hydrogen-bond acceptors (Lipinski definition) is 5. The van der Waals surface area contributed by atoms with Crippen molar-refractivity contribution >= 4 is 39.8 Å². The maximum Gasteiger partial charge on any atom is 0.262 e. The summed E-state index contributed by atoms with van der Waals surface area (Å²) in [5, 5.41) is 4.96. The highest BCUT2D eigenvalue weighted by molar-refractivity contribution is 6.04. The summed E-state index contributed by atoms with van der Waals surface area (Å²) in [7, 11) is 0. The van der Waals surface area contributed by atoms with E-state index in [1.54, 1.807) is 6.20 Å². The molecule has 1 aromatic heterocycles. The van der Waals surface area contributed by atoms with Crippen molar-refractivity contribution in [3.63, 3.8) is 0 Å². The number of carbonyl (C=O) groups excluding carboxylic acids is 1. The molecule has 0 spiro atoms. The van der Waals surface area contributed by atoms with Crippen LogP contribution in [0.4, 0.5) is 17.1 Å². The smallest absolute Gasteiger partial charge is 0.262 e. The van der Waals surface area contributed by atoms with Crippen LogP contribution in [0.2, 0.25) is 0 Å². The number of anilines is 3. The van der Waals surface area contributed by atoms with Crippen molar-refractivity contribution in [1.82, 2.24) is 4.98 Å². The number of benzene rings is 3. The van der Waals surface area contributed by atoms with Crippen LogP contribution in [0, 0.1) is 0 Å². The molecular weight excluding hydrogens is 460 g/mol. The number of nitrogens with one attached hydrogen (secondary N) is 3. The number of fused-ring (bicyclic) bond motifs is 2. The molecule has 1 aliphatic rings. The van der Waals surface area contributed by atoms with E-state index in [9.17, 15) is 4.79 Å².